The molecule has 0 N–H and O–H groups in total. The summed E-state index contributed by atoms with van der Waals surface area (Å²) in [6, 6.07) is 0.571. The summed E-state index contributed by atoms with van der Waals surface area (Å²) >= 11 is 0. The fourth-order valence-electron chi connectivity index (χ4n) is 5.49. The second kappa shape index (κ2) is 23.6. The number of nitrogens with zero attached hydrogens (tertiary/aromatic N) is 2. The zero-order valence-corrected chi connectivity index (χ0v) is 24.8. The lowest BCUT2D eigenvalue weighted by Crippen LogP contribution is -2.37. The molecule has 1 aromatic heterocycles. The summed E-state index contributed by atoms with van der Waals surface area (Å²) < 4.78 is 5.09. The van der Waals surface area contributed by atoms with E-state index in [0.717, 1.165) is 0 Å². The third-order valence-electron chi connectivity index (χ3n) is 7.85. The van der Waals surface area contributed by atoms with Gasteiger partial charge in [0.2, 0.25) is 0 Å². The molecular weight excluding hydrogens is 424 g/mol. The van der Waals surface area contributed by atoms with Crippen LogP contribution in [0.25, 0.3) is 0 Å². The molecule has 0 spiro atoms. The Bertz CT molecular complexity index is 559. The standard InChI is InChI=1S/C33H65N2/c1-5-7-9-11-13-14-15-16-17-18-19-20-21-22-24-26-28-33-34(30-31-35(33)32(3)4)29-27-25-23-12-10-8-6-2/h30-32H,5-29H2,1-4H3/q+1. The van der Waals surface area contributed by atoms with Crippen LogP contribution in [-0.2, 0) is 13.0 Å². The van der Waals surface area contributed by atoms with Crippen molar-refractivity contribution in [1.29, 1.82) is 0 Å². The van der Waals surface area contributed by atoms with E-state index in [2.05, 4.69) is 49.2 Å². The summed E-state index contributed by atoms with van der Waals surface area (Å²) in [5.41, 5.74) is 0. The number of unbranched alkanes of at least 4 members (excludes halogenated alkanes) is 21. The lowest BCUT2D eigenvalue weighted by molar-refractivity contribution is -0.704. The van der Waals surface area contributed by atoms with Gasteiger partial charge in [-0.25, -0.2) is 9.13 Å². The van der Waals surface area contributed by atoms with Crippen LogP contribution in [0.15, 0.2) is 12.4 Å². The van der Waals surface area contributed by atoms with E-state index < -0.39 is 0 Å². The molecule has 0 unspecified atom stereocenters. The molecule has 1 heterocycles. The Morgan fingerprint density at radius 3 is 1.31 bits per heavy atom. The minimum atomic E-state index is 0.571. The molecule has 0 bridgehead atoms. The maximum Gasteiger partial charge on any atom is 0.256 e. The van der Waals surface area contributed by atoms with Gasteiger partial charge in [0.15, 0.2) is 0 Å². The topological polar surface area (TPSA) is 8.81 Å². The SMILES string of the molecule is CCCCCCCCCCCCCCCCCCc1n(C(C)C)cc[n+]1CCCCCCCCC. The maximum absolute atomic E-state index is 2.57. The zero-order valence-electron chi connectivity index (χ0n) is 24.8. The quantitative estimate of drug-likeness (QED) is 0.0903. The fourth-order valence-corrected chi connectivity index (χ4v) is 5.49. The molecule has 1 rings (SSSR count). The van der Waals surface area contributed by atoms with Gasteiger partial charge in [-0.05, 0) is 33.1 Å². The average Bonchev–Trinajstić information content (AvgIpc) is 3.26. The first-order valence-corrected chi connectivity index (χ1v) is 16.3. The van der Waals surface area contributed by atoms with E-state index in [-0.39, 0.29) is 0 Å². The molecule has 0 aliphatic heterocycles. The van der Waals surface area contributed by atoms with E-state index >= 15 is 0 Å². The number of aryl methyl sites for hydroxylation is 1. The largest absolute Gasteiger partial charge is 0.256 e. The molecule has 0 radical (unpaired) electrons. The van der Waals surface area contributed by atoms with Gasteiger partial charge in [0, 0.05) is 6.42 Å². The lowest BCUT2D eigenvalue weighted by Gasteiger charge is -2.08. The van der Waals surface area contributed by atoms with Crippen LogP contribution in [-0.4, -0.2) is 4.57 Å². The van der Waals surface area contributed by atoms with Gasteiger partial charge in [0.25, 0.3) is 5.82 Å². The van der Waals surface area contributed by atoms with Crippen LogP contribution >= 0.6 is 0 Å². The molecule has 1 aromatic rings. The van der Waals surface area contributed by atoms with Crippen molar-refractivity contribution in [1.82, 2.24) is 4.57 Å². The molecule has 0 amide bonds. The van der Waals surface area contributed by atoms with Crippen molar-refractivity contribution < 1.29 is 4.57 Å². The third-order valence-corrected chi connectivity index (χ3v) is 7.85. The van der Waals surface area contributed by atoms with Gasteiger partial charge in [-0.2, -0.15) is 0 Å². The summed E-state index contributed by atoms with van der Waals surface area (Å²) in [6.07, 6.45) is 38.8. The van der Waals surface area contributed by atoms with E-state index in [1.165, 1.54) is 161 Å². The first-order valence-electron chi connectivity index (χ1n) is 16.3. The summed E-state index contributed by atoms with van der Waals surface area (Å²) in [6.45, 7) is 10.5. The molecular formula is C33H65N2+. The van der Waals surface area contributed by atoms with Crippen LogP contribution in [0, 0.1) is 0 Å². The first kappa shape index (κ1) is 32.2. The van der Waals surface area contributed by atoms with Crippen molar-refractivity contribution in [2.24, 2.45) is 0 Å². The molecule has 0 aliphatic carbocycles. The van der Waals surface area contributed by atoms with Gasteiger partial charge in [-0.3, -0.25) is 0 Å². The summed E-state index contributed by atoms with van der Waals surface area (Å²) in [5.74, 6) is 1.57. The molecule has 0 aliphatic rings. The highest BCUT2D eigenvalue weighted by Crippen LogP contribution is 2.15. The number of imidazole rings is 1. The molecule has 0 atom stereocenters. The predicted octanol–water partition coefficient (Wildman–Crippen LogP) is 10.9. The number of hydrogen-bond acceptors (Lipinski definition) is 0. The van der Waals surface area contributed by atoms with Gasteiger partial charge >= 0.3 is 0 Å². The van der Waals surface area contributed by atoms with Crippen molar-refractivity contribution >= 4 is 0 Å². The number of rotatable bonds is 26. The van der Waals surface area contributed by atoms with E-state index in [4.69, 9.17) is 0 Å². The van der Waals surface area contributed by atoms with Crippen molar-refractivity contribution in [3.8, 4) is 0 Å². The molecule has 0 saturated heterocycles. The second-order valence-electron chi connectivity index (χ2n) is 11.6. The Labute approximate surface area is 221 Å². The normalized spacial score (nSPS) is 11.7. The van der Waals surface area contributed by atoms with Gasteiger partial charge in [0.05, 0.1) is 12.6 Å². The van der Waals surface area contributed by atoms with Crippen LogP contribution in [0.1, 0.15) is 187 Å². The highest BCUT2D eigenvalue weighted by Gasteiger charge is 2.18. The molecule has 0 aromatic carbocycles. The van der Waals surface area contributed by atoms with E-state index in [1.54, 1.807) is 5.82 Å². The third kappa shape index (κ3) is 17.3. The minimum Gasteiger partial charge on any atom is -0.234 e. The minimum absolute atomic E-state index is 0.571. The van der Waals surface area contributed by atoms with Crippen molar-refractivity contribution in [3.05, 3.63) is 18.2 Å². The Hall–Kier alpha value is -0.790. The van der Waals surface area contributed by atoms with Gasteiger partial charge < -0.3 is 0 Å². The van der Waals surface area contributed by atoms with Crippen LogP contribution < -0.4 is 4.57 Å². The smallest absolute Gasteiger partial charge is 0.234 e. The summed E-state index contributed by atoms with van der Waals surface area (Å²) in [4.78, 5) is 0. The van der Waals surface area contributed by atoms with Crippen LogP contribution in [0.3, 0.4) is 0 Å². The molecule has 2 nitrogen and oxygen atoms in total. The van der Waals surface area contributed by atoms with E-state index in [9.17, 15) is 0 Å². The fraction of sp³-hybridized carbons (Fsp3) is 0.909. The Morgan fingerprint density at radius 2 is 0.914 bits per heavy atom. The molecule has 206 valence electrons. The Balaban J connectivity index is 2.06. The number of hydrogen-bond donors (Lipinski definition) is 0. The van der Waals surface area contributed by atoms with Crippen molar-refractivity contribution in [2.75, 3.05) is 0 Å². The molecule has 0 saturated carbocycles. The lowest BCUT2D eigenvalue weighted by atomic mass is 10.0. The summed E-state index contributed by atoms with van der Waals surface area (Å²) in [5, 5.41) is 0. The molecule has 35 heavy (non-hydrogen) atoms. The highest BCUT2D eigenvalue weighted by atomic mass is 15.2. The highest BCUT2D eigenvalue weighted by molar-refractivity contribution is 4.86. The Morgan fingerprint density at radius 1 is 0.543 bits per heavy atom. The van der Waals surface area contributed by atoms with Gasteiger partial charge in [0.1, 0.15) is 12.4 Å². The van der Waals surface area contributed by atoms with Crippen molar-refractivity contribution in [3.63, 3.8) is 0 Å². The number of aromatic nitrogens is 2. The van der Waals surface area contributed by atoms with Crippen LogP contribution in [0.2, 0.25) is 0 Å². The van der Waals surface area contributed by atoms with Gasteiger partial charge in [-0.15, -0.1) is 0 Å². The van der Waals surface area contributed by atoms with Crippen molar-refractivity contribution in [2.45, 2.75) is 194 Å². The predicted molar refractivity (Wildman–Crippen MR) is 156 cm³/mol. The average molecular weight is 490 g/mol. The first-order chi connectivity index (χ1) is 17.2. The molecule has 0 fully saturated rings. The Kier molecular flexibility index (Phi) is 21.7. The zero-order chi connectivity index (χ0) is 25.4. The van der Waals surface area contributed by atoms with Crippen LogP contribution in [0.4, 0.5) is 0 Å². The monoisotopic (exact) mass is 490 g/mol. The van der Waals surface area contributed by atoms with Gasteiger partial charge in [-0.1, -0.05) is 142 Å². The van der Waals surface area contributed by atoms with E-state index in [1.807, 2.05) is 0 Å². The molecule has 2 heteroatoms. The summed E-state index contributed by atoms with van der Waals surface area (Å²) in [7, 11) is 0. The van der Waals surface area contributed by atoms with E-state index in [0.29, 0.717) is 6.04 Å². The van der Waals surface area contributed by atoms with Crippen LogP contribution in [0.5, 0.6) is 0 Å². The maximum atomic E-state index is 2.57. The second-order valence-corrected chi connectivity index (χ2v) is 11.6.